The second kappa shape index (κ2) is 5.10. The van der Waals surface area contributed by atoms with Crippen molar-refractivity contribution in [1.29, 1.82) is 0 Å². The van der Waals surface area contributed by atoms with Gasteiger partial charge in [-0.1, -0.05) is 28.1 Å². The van der Waals surface area contributed by atoms with E-state index in [-0.39, 0.29) is 12.2 Å². The van der Waals surface area contributed by atoms with E-state index in [0.717, 1.165) is 29.5 Å². The van der Waals surface area contributed by atoms with E-state index < -0.39 is 0 Å². The maximum absolute atomic E-state index is 9.95. The first-order chi connectivity index (χ1) is 7.25. The molecule has 1 fully saturated rings. The predicted molar refractivity (Wildman–Crippen MR) is 62.8 cm³/mol. The molecule has 0 bridgehead atoms. The Morgan fingerprint density at radius 2 is 2.40 bits per heavy atom. The Bertz CT molecular complexity index is 321. The van der Waals surface area contributed by atoms with E-state index in [1.165, 1.54) is 0 Å². The summed E-state index contributed by atoms with van der Waals surface area (Å²) in [5.74, 6) is 0. The Kier molecular flexibility index (Phi) is 3.78. The third-order valence-corrected chi connectivity index (χ3v) is 3.22. The van der Waals surface area contributed by atoms with Crippen LogP contribution in [0.2, 0.25) is 0 Å². The number of hydrogen-bond donors (Lipinski definition) is 1. The molecule has 2 unspecified atom stereocenters. The summed E-state index contributed by atoms with van der Waals surface area (Å²) >= 11 is 3.42. The monoisotopic (exact) mass is 270 g/mol. The molecule has 2 atom stereocenters. The average Bonchev–Trinajstić information content (AvgIpc) is 2.70. The molecule has 0 spiro atoms. The molecule has 1 aliphatic rings. The molecule has 1 N–H and O–H groups in total. The van der Waals surface area contributed by atoms with Crippen LogP contribution >= 0.6 is 15.9 Å². The fourth-order valence-corrected chi connectivity index (χ4v) is 2.39. The fraction of sp³-hybridized carbons (Fsp3) is 0.500. The van der Waals surface area contributed by atoms with Gasteiger partial charge in [-0.3, -0.25) is 0 Å². The van der Waals surface area contributed by atoms with Gasteiger partial charge in [0.1, 0.15) is 0 Å². The molecule has 1 saturated heterocycles. The smallest absolute Gasteiger partial charge is 0.0842 e. The Balaban J connectivity index is 1.95. The maximum Gasteiger partial charge on any atom is 0.0842 e. The molecule has 1 heterocycles. The summed E-state index contributed by atoms with van der Waals surface area (Å²) in [7, 11) is 0. The van der Waals surface area contributed by atoms with Crippen LogP contribution in [0.4, 0.5) is 0 Å². The molecular formula is C12H15BrO2. The van der Waals surface area contributed by atoms with Crippen molar-refractivity contribution in [2.24, 2.45) is 0 Å². The summed E-state index contributed by atoms with van der Waals surface area (Å²) in [5, 5.41) is 9.95. The molecule has 1 aromatic carbocycles. The Hall–Kier alpha value is -0.380. The van der Waals surface area contributed by atoms with Crippen molar-refractivity contribution >= 4 is 15.9 Å². The van der Waals surface area contributed by atoms with Crippen molar-refractivity contribution in [3.8, 4) is 0 Å². The third-order valence-electron chi connectivity index (χ3n) is 2.73. The van der Waals surface area contributed by atoms with Gasteiger partial charge < -0.3 is 9.84 Å². The van der Waals surface area contributed by atoms with Crippen molar-refractivity contribution in [2.75, 3.05) is 6.61 Å². The molecule has 0 amide bonds. The first-order valence-electron chi connectivity index (χ1n) is 5.30. The van der Waals surface area contributed by atoms with E-state index in [1.54, 1.807) is 0 Å². The van der Waals surface area contributed by atoms with Crippen molar-refractivity contribution in [2.45, 2.75) is 31.5 Å². The molecule has 15 heavy (non-hydrogen) atoms. The van der Waals surface area contributed by atoms with Gasteiger partial charge in [-0.25, -0.2) is 0 Å². The molecule has 0 aromatic heterocycles. The van der Waals surface area contributed by atoms with Gasteiger partial charge in [0.25, 0.3) is 0 Å². The molecule has 3 heteroatoms. The van der Waals surface area contributed by atoms with Crippen LogP contribution in [0.15, 0.2) is 28.7 Å². The quantitative estimate of drug-likeness (QED) is 0.915. The van der Waals surface area contributed by atoms with Crippen LogP contribution in [0, 0.1) is 0 Å². The van der Waals surface area contributed by atoms with Crippen molar-refractivity contribution in [1.82, 2.24) is 0 Å². The normalized spacial score (nSPS) is 22.9. The SMILES string of the molecule is OC(Cc1cccc(Br)c1)C1CCCO1. The summed E-state index contributed by atoms with van der Waals surface area (Å²) in [6.45, 7) is 0.792. The van der Waals surface area contributed by atoms with Gasteiger partial charge in [0, 0.05) is 17.5 Å². The summed E-state index contributed by atoms with van der Waals surface area (Å²) in [6, 6.07) is 8.05. The van der Waals surface area contributed by atoms with Gasteiger partial charge in [-0.15, -0.1) is 0 Å². The minimum Gasteiger partial charge on any atom is -0.390 e. The summed E-state index contributed by atoms with van der Waals surface area (Å²) in [4.78, 5) is 0. The van der Waals surface area contributed by atoms with Crippen LogP contribution < -0.4 is 0 Å². The molecule has 0 saturated carbocycles. The topological polar surface area (TPSA) is 29.5 Å². The molecule has 82 valence electrons. The van der Waals surface area contributed by atoms with Crippen LogP contribution in [-0.4, -0.2) is 23.9 Å². The Morgan fingerprint density at radius 3 is 3.07 bits per heavy atom. The van der Waals surface area contributed by atoms with E-state index in [0.29, 0.717) is 6.42 Å². The van der Waals surface area contributed by atoms with E-state index >= 15 is 0 Å². The van der Waals surface area contributed by atoms with E-state index in [1.807, 2.05) is 24.3 Å². The minimum absolute atomic E-state index is 0.0315. The molecule has 0 aliphatic carbocycles. The second-order valence-electron chi connectivity index (χ2n) is 3.95. The van der Waals surface area contributed by atoms with E-state index in [2.05, 4.69) is 15.9 Å². The number of rotatable bonds is 3. The number of aliphatic hydroxyl groups is 1. The van der Waals surface area contributed by atoms with Crippen molar-refractivity contribution in [3.63, 3.8) is 0 Å². The molecule has 1 aromatic rings. The highest BCUT2D eigenvalue weighted by molar-refractivity contribution is 9.10. The largest absolute Gasteiger partial charge is 0.390 e. The van der Waals surface area contributed by atoms with Crippen LogP contribution in [0.1, 0.15) is 18.4 Å². The van der Waals surface area contributed by atoms with Gasteiger partial charge in [-0.2, -0.15) is 0 Å². The highest BCUT2D eigenvalue weighted by atomic mass is 79.9. The maximum atomic E-state index is 9.95. The van der Waals surface area contributed by atoms with Crippen LogP contribution in [-0.2, 0) is 11.2 Å². The van der Waals surface area contributed by atoms with Gasteiger partial charge >= 0.3 is 0 Å². The van der Waals surface area contributed by atoms with Crippen molar-refractivity contribution < 1.29 is 9.84 Å². The highest BCUT2D eigenvalue weighted by Gasteiger charge is 2.23. The van der Waals surface area contributed by atoms with Gasteiger partial charge in [0.05, 0.1) is 12.2 Å². The lowest BCUT2D eigenvalue weighted by Gasteiger charge is -2.17. The average molecular weight is 271 g/mol. The number of benzene rings is 1. The Labute approximate surface area is 98.4 Å². The highest BCUT2D eigenvalue weighted by Crippen LogP contribution is 2.20. The number of ether oxygens (including phenoxy) is 1. The minimum atomic E-state index is -0.373. The number of aliphatic hydroxyl groups excluding tert-OH is 1. The second-order valence-corrected chi connectivity index (χ2v) is 4.87. The summed E-state index contributed by atoms with van der Waals surface area (Å²) in [5.41, 5.74) is 1.15. The Morgan fingerprint density at radius 1 is 1.53 bits per heavy atom. The lowest BCUT2D eigenvalue weighted by atomic mass is 10.0. The first-order valence-corrected chi connectivity index (χ1v) is 6.09. The van der Waals surface area contributed by atoms with Crippen molar-refractivity contribution in [3.05, 3.63) is 34.3 Å². The molecular weight excluding hydrogens is 256 g/mol. The van der Waals surface area contributed by atoms with Crippen LogP contribution in [0.5, 0.6) is 0 Å². The van der Waals surface area contributed by atoms with E-state index in [4.69, 9.17) is 4.74 Å². The third kappa shape index (κ3) is 3.03. The fourth-order valence-electron chi connectivity index (χ4n) is 1.94. The zero-order chi connectivity index (χ0) is 10.7. The molecule has 2 rings (SSSR count). The summed E-state index contributed by atoms with van der Waals surface area (Å²) in [6.07, 6.45) is 2.38. The summed E-state index contributed by atoms with van der Waals surface area (Å²) < 4.78 is 6.51. The van der Waals surface area contributed by atoms with E-state index in [9.17, 15) is 5.11 Å². The standard InChI is InChI=1S/C12H15BrO2/c13-10-4-1-3-9(7-10)8-11(14)12-5-2-6-15-12/h1,3-4,7,11-12,14H,2,5-6,8H2. The van der Waals surface area contributed by atoms with Crippen LogP contribution in [0.25, 0.3) is 0 Å². The van der Waals surface area contributed by atoms with Gasteiger partial charge in [0.2, 0.25) is 0 Å². The van der Waals surface area contributed by atoms with Gasteiger partial charge in [-0.05, 0) is 30.5 Å². The molecule has 0 radical (unpaired) electrons. The van der Waals surface area contributed by atoms with Gasteiger partial charge in [0.15, 0.2) is 0 Å². The van der Waals surface area contributed by atoms with Crippen LogP contribution in [0.3, 0.4) is 0 Å². The lowest BCUT2D eigenvalue weighted by Crippen LogP contribution is -2.27. The zero-order valence-corrected chi connectivity index (χ0v) is 10.1. The number of hydrogen-bond acceptors (Lipinski definition) is 2. The lowest BCUT2D eigenvalue weighted by molar-refractivity contribution is -0.000776. The predicted octanol–water partition coefficient (Wildman–Crippen LogP) is 2.53. The first kappa shape index (κ1) is 11.1. The number of halogens is 1. The zero-order valence-electron chi connectivity index (χ0n) is 8.53. The molecule has 1 aliphatic heterocycles. The molecule has 2 nitrogen and oxygen atoms in total.